The van der Waals surface area contributed by atoms with Crippen LogP contribution < -0.4 is 0 Å². The molecule has 30 heavy (non-hydrogen) atoms. The van der Waals surface area contributed by atoms with Gasteiger partial charge < -0.3 is 0 Å². The largest absolute Gasteiger partial charge is 0.248 e. The van der Waals surface area contributed by atoms with Gasteiger partial charge in [-0.25, -0.2) is 4.98 Å². The summed E-state index contributed by atoms with van der Waals surface area (Å²) in [6.07, 6.45) is 0. The van der Waals surface area contributed by atoms with Crippen molar-refractivity contribution in [3.05, 3.63) is 99.9 Å². The second-order valence-electron chi connectivity index (χ2n) is 7.54. The highest BCUT2D eigenvalue weighted by atomic mass is 79.9. The summed E-state index contributed by atoms with van der Waals surface area (Å²) in [7, 11) is 0. The number of benzene rings is 4. The van der Waals surface area contributed by atoms with Gasteiger partial charge in [-0.1, -0.05) is 86.5 Å². The molecule has 0 radical (unpaired) electrons. The minimum atomic E-state index is 1.00. The monoisotopic (exact) mass is 511 g/mol. The molecule has 3 heteroatoms. The van der Waals surface area contributed by atoms with E-state index < -0.39 is 0 Å². The molecule has 0 amide bonds. The molecule has 0 aliphatic heterocycles. The van der Waals surface area contributed by atoms with Gasteiger partial charge in [0, 0.05) is 19.9 Å². The molecule has 1 heterocycles. The van der Waals surface area contributed by atoms with E-state index in [-0.39, 0.29) is 0 Å². The van der Waals surface area contributed by atoms with E-state index in [1.165, 1.54) is 33.2 Å². The van der Waals surface area contributed by atoms with Gasteiger partial charge in [0.25, 0.3) is 0 Å². The van der Waals surface area contributed by atoms with Gasteiger partial charge in [-0.15, -0.1) is 0 Å². The van der Waals surface area contributed by atoms with Crippen molar-refractivity contribution < 1.29 is 0 Å². The molecule has 0 saturated heterocycles. The highest BCUT2D eigenvalue weighted by Crippen LogP contribution is 2.47. The fourth-order valence-corrected chi connectivity index (χ4v) is 5.70. The Labute approximate surface area is 191 Å². The third kappa shape index (κ3) is 2.84. The number of nitrogens with zero attached hydrogens (tertiary/aromatic N) is 1. The van der Waals surface area contributed by atoms with Crippen molar-refractivity contribution >= 4 is 42.8 Å². The van der Waals surface area contributed by atoms with Gasteiger partial charge in [-0.05, 0) is 69.8 Å². The lowest BCUT2D eigenvalue weighted by molar-refractivity contribution is 1.40. The molecule has 4 aromatic carbocycles. The minimum absolute atomic E-state index is 1.00. The lowest BCUT2D eigenvalue weighted by Crippen LogP contribution is -1.88. The van der Waals surface area contributed by atoms with Crippen LogP contribution >= 0.6 is 31.9 Å². The number of hydrogen-bond donors (Lipinski definition) is 0. The normalized spacial score (nSPS) is 11.7. The Hall–Kier alpha value is -2.75. The highest BCUT2D eigenvalue weighted by Gasteiger charge is 2.22. The van der Waals surface area contributed by atoms with Gasteiger partial charge in [-0.3, -0.25) is 0 Å². The van der Waals surface area contributed by atoms with E-state index in [1.54, 1.807) is 0 Å². The van der Waals surface area contributed by atoms with Crippen molar-refractivity contribution in [1.82, 2.24) is 4.98 Å². The summed E-state index contributed by atoms with van der Waals surface area (Å²) in [4.78, 5) is 5.04. The summed E-state index contributed by atoms with van der Waals surface area (Å²) in [5.74, 6) is 0. The molecule has 0 fully saturated rings. The molecule has 0 unspecified atom stereocenters. The smallest absolute Gasteiger partial charge is 0.0722 e. The van der Waals surface area contributed by atoms with Crippen LogP contribution in [0.5, 0.6) is 0 Å². The summed E-state index contributed by atoms with van der Waals surface area (Å²) in [6, 6.07) is 32.2. The fourth-order valence-electron chi connectivity index (χ4n) is 4.40. The molecule has 0 saturated carbocycles. The molecule has 1 aliphatic rings. The van der Waals surface area contributed by atoms with Gasteiger partial charge in [0.05, 0.1) is 11.2 Å². The molecule has 0 N–H and O–H groups in total. The van der Waals surface area contributed by atoms with Gasteiger partial charge in [0.15, 0.2) is 0 Å². The maximum absolute atomic E-state index is 5.04. The van der Waals surface area contributed by atoms with Crippen LogP contribution in [0.1, 0.15) is 0 Å². The van der Waals surface area contributed by atoms with Crippen LogP contribution in [0.2, 0.25) is 0 Å². The Balaban J connectivity index is 1.55. The maximum Gasteiger partial charge on any atom is 0.0722 e. The van der Waals surface area contributed by atoms with Crippen LogP contribution in [0.25, 0.3) is 55.5 Å². The molecule has 1 nitrogen and oxygen atoms in total. The molecule has 0 atom stereocenters. The summed E-state index contributed by atoms with van der Waals surface area (Å²) in [5.41, 5.74) is 10.6. The first-order valence-electron chi connectivity index (χ1n) is 9.78. The number of pyridine rings is 1. The van der Waals surface area contributed by atoms with Crippen molar-refractivity contribution in [3.8, 4) is 44.6 Å². The van der Waals surface area contributed by atoms with Gasteiger partial charge in [0.2, 0.25) is 0 Å². The van der Waals surface area contributed by atoms with Crippen LogP contribution in [0.3, 0.4) is 0 Å². The predicted octanol–water partition coefficient (Wildman–Crippen LogP) is 8.74. The Morgan fingerprint density at radius 1 is 0.500 bits per heavy atom. The number of fused-ring (bicyclic) bond motifs is 3. The molecule has 0 bridgehead atoms. The standard InChI is InChI=1S/C27H15Br2N/c28-19-12-18(13-20(29)14-19)16-5-3-6-17(11-16)26-15-24-22-8-2-1-7-21(22)23-9-4-10-25(30-26)27(23)24/h1-15H. The van der Waals surface area contributed by atoms with E-state index in [2.05, 4.69) is 123 Å². The topological polar surface area (TPSA) is 12.9 Å². The average molecular weight is 513 g/mol. The first kappa shape index (κ1) is 18.1. The van der Waals surface area contributed by atoms with Crippen LogP contribution in [-0.4, -0.2) is 4.98 Å². The second-order valence-corrected chi connectivity index (χ2v) is 9.37. The van der Waals surface area contributed by atoms with Crippen molar-refractivity contribution in [2.75, 3.05) is 0 Å². The van der Waals surface area contributed by atoms with Crippen LogP contribution in [0.15, 0.2) is 99.9 Å². The highest BCUT2D eigenvalue weighted by molar-refractivity contribution is 9.11. The van der Waals surface area contributed by atoms with E-state index in [1.807, 2.05) is 0 Å². The number of rotatable bonds is 2. The quantitative estimate of drug-likeness (QED) is 0.226. The molecule has 1 aromatic heterocycles. The van der Waals surface area contributed by atoms with Crippen molar-refractivity contribution in [2.24, 2.45) is 0 Å². The third-order valence-corrected chi connectivity index (χ3v) is 6.61. The summed E-state index contributed by atoms with van der Waals surface area (Å²) in [6.45, 7) is 0. The summed E-state index contributed by atoms with van der Waals surface area (Å²) >= 11 is 7.20. The van der Waals surface area contributed by atoms with Crippen molar-refractivity contribution in [3.63, 3.8) is 0 Å². The fraction of sp³-hybridized carbons (Fsp3) is 0. The zero-order valence-electron chi connectivity index (χ0n) is 15.9. The van der Waals surface area contributed by atoms with Crippen molar-refractivity contribution in [1.29, 1.82) is 0 Å². The van der Waals surface area contributed by atoms with E-state index >= 15 is 0 Å². The van der Waals surface area contributed by atoms with Crippen molar-refractivity contribution in [2.45, 2.75) is 0 Å². The Morgan fingerprint density at radius 2 is 1.17 bits per heavy atom. The maximum atomic E-state index is 5.04. The van der Waals surface area contributed by atoms with E-state index in [9.17, 15) is 0 Å². The zero-order valence-corrected chi connectivity index (χ0v) is 19.0. The molecular weight excluding hydrogens is 498 g/mol. The Bertz CT molecular complexity index is 1450. The Morgan fingerprint density at radius 3 is 1.97 bits per heavy atom. The molecular formula is C27H15Br2N. The average Bonchev–Trinajstić information content (AvgIpc) is 3.09. The molecule has 0 spiro atoms. The molecule has 142 valence electrons. The lowest BCUT2D eigenvalue weighted by atomic mass is 9.99. The molecule has 1 aliphatic carbocycles. The van der Waals surface area contributed by atoms with E-state index in [0.717, 1.165) is 31.3 Å². The SMILES string of the molecule is Brc1cc(Br)cc(-c2cccc(-c3cc4c5c(cccc5n3)-c3ccccc3-4)c2)c1. The van der Waals surface area contributed by atoms with Gasteiger partial charge >= 0.3 is 0 Å². The molecule has 6 rings (SSSR count). The van der Waals surface area contributed by atoms with Gasteiger partial charge in [0.1, 0.15) is 0 Å². The van der Waals surface area contributed by atoms with E-state index in [4.69, 9.17) is 4.98 Å². The summed E-state index contributed by atoms with van der Waals surface area (Å²) < 4.78 is 2.11. The molecule has 5 aromatic rings. The van der Waals surface area contributed by atoms with Crippen LogP contribution in [0, 0.1) is 0 Å². The summed E-state index contributed by atoms with van der Waals surface area (Å²) in [5, 5.41) is 1.26. The second kappa shape index (κ2) is 6.90. The number of halogens is 2. The predicted molar refractivity (Wildman–Crippen MR) is 132 cm³/mol. The zero-order chi connectivity index (χ0) is 20.2. The van der Waals surface area contributed by atoms with Crippen LogP contribution in [-0.2, 0) is 0 Å². The first-order chi connectivity index (χ1) is 14.7. The number of aromatic nitrogens is 1. The van der Waals surface area contributed by atoms with Gasteiger partial charge in [-0.2, -0.15) is 0 Å². The third-order valence-electron chi connectivity index (χ3n) is 5.70. The number of hydrogen-bond acceptors (Lipinski definition) is 1. The van der Waals surface area contributed by atoms with Crippen LogP contribution in [0.4, 0.5) is 0 Å². The minimum Gasteiger partial charge on any atom is -0.248 e. The first-order valence-corrected chi connectivity index (χ1v) is 11.4. The Kier molecular flexibility index (Phi) is 4.15. The van der Waals surface area contributed by atoms with E-state index in [0.29, 0.717) is 0 Å². The lowest BCUT2D eigenvalue weighted by Gasteiger charge is -2.09.